The molecule has 1 fully saturated rings. The quantitative estimate of drug-likeness (QED) is 0.683. The third-order valence-corrected chi connectivity index (χ3v) is 6.57. The molecule has 32 heavy (non-hydrogen) atoms. The van der Waals surface area contributed by atoms with E-state index in [1.165, 1.54) is 0 Å². The van der Waals surface area contributed by atoms with Gasteiger partial charge in [-0.2, -0.15) is 5.10 Å². The number of hydrogen-bond acceptors (Lipinski definition) is 4. The lowest BCUT2D eigenvalue weighted by atomic mass is 9.81. The summed E-state index contributed by atoms with van der Waals surface area (Å²) >= 11 is 0. The molecule has 0 unspecified atom stereocenters. The van der Waals surface area contributed by atoms with E-state index in [2.05, 4.69) is 11.2 Å². The lowest BCUT2D eigenvalue weighted by Gasteiger charge is -2.44. The SMILES string of the molecule is Cn1ncc2c1-c1ccccc1OC21CCN(C(=O)c2ccc(CC(C)(C)O)cc2)CC1. The number of ether oxygens (including phenoxy) is 1. The van der Waals surface area contributed by atoms with Crippen LogP contribution in [0.2, 0.25) is 0 Å². The Bertz CT molecular complexity index is 1150. The van der Waals surface area contributed by atoms with Crippen molar-refractivity contribution in [1.82, 2.24) is 14.7 Å². The molecular formula is C26H29N3O3. The van der Waals surface area contributed by atoms with E-state index < -0.39 is 11.2 Å². The molecule has 5 rings (SSSR count). The fourth-order valence-electron chi connectivity index (χ4n) is 5.00. The maximum absolute atomic E-state index is 13.1. The molecule has 0 aliphatic carbocycles. The van der Waals surface area contributed by atoms with Gasteiger partial charge in [-0.3, -0.25) is 9.48 Å². The Balaban J connectivity index is 1.34. The maximum Gasteiger partial charge on any atom is 0.253 e. The molecule has 2 aliphatic heterocycles. The third kappa shape index (κ3) is 3.58. The summed E-state index contributed by atoms with van der Waals surface area (Å²) in [7, 11) is 1.97. The highest BCUT2D eigenvalue weighted by Gasteiger charge is 2.45. The van der Waals surface area contributed by atoms with Crippen molar-refractivity contribution in [1.29, 1.82) is 0 Å². The van der Waals surface area contributed by atoms with E-state index in [0.717, 1.165) is 41.0 Å². The summed E-state index contributed by atoms with van der Waals surface area (Å²) < 4.78 is 8.50. The third-order valence-electron chi connectivity index (χ3n) is 6.57. The highest BCUT2D eigenvalue weighted by molar-refractivity contribution is 5.94. The first kappa shape index (κ1) is 20.8. The van der Waals surface area contributed by atoms with Gasteiger partial charge in [0.25, 0.3) is 5.91 Å². The van der Waals surface area contributed by atoms with Crippen LogP contribution in [0.1, 0.15) is 48.2 Å². The fourth-order valence-corrected chi connectivity index (χ4v) is 5.00. The Kier molecular flexibility index (Phi) is 4.86. The Labute approximate surface area is 188 Å². The average Bonchev–Trinajstić information content (AvgIpc) is 3.16. The average molecular weight is 432 g/mol. The monoisotopic (exact) mass is 431 g/mol. The molecule has 1 saturated heterocycles. The van der Waals surface area contributed by atoms with Crippen molar-refractivity contribution in [2.24, 2.45) is 7.05 Å². The van der Waals surface area contributed by atoms with Gasteiger partial charge in [0.2, 0.25) is 0 Å². The zero-order valence-corrected chi connectivity index (χ0v) is 18.8. The van der Waals surface area contributed by atoms with E-state index in [1.807, 2.05) is 65.3 Å². The van der Waals surface area contributed by atoms with Crippen LogP contribution in [-0.2, 0) is 19.1 Å². The molecule has 3 aromatic rings. The van der Waals surface area contributed by atoms with Crippen molar-refractivity contribution in [3.05, 3.63) is 71.4 Å². The van der Waals surface area contributed by atoms with E-state index in [-0.39, 0.29) is 5.91 Å². The predicted octanol–water partition coefficient (Wildman–Crippen LogP) is 3.92. The molecule has 0 saturated carbocycles. The van der Waals surface area contributed by atoms with Crippen LogP contribution in [-0.4, -0.2) is 44.4 Å². The number of rotatable bonds is 3. The number of aryl methyl sites for hydroxylation is 1. The molecule has 2 aliphatic rings. The van der Waals surface area contributed by atoms with Gasteiger partial charge in [0.1, 0.15) is 11.4 Å². The topological polar surface area (TPSA) is 67.6 Å². The fraction of sp³-hybridized carbons (Fsp3) is 0.385. The lowest BCUT2D eigenvalue weighted by Crippen LogP contribution is -2.49. The van der Waals surface area contributed by atoms with Crippen LogP contribution in [0.25, 0.3) is 11.3 Å². The van der Waals surface area contributed by atoms with Crippen molar-refractivity contribution in [2.75, 3.05) is 13.1 Å². The summed E-state index contributed by atoms with van der Waals surface area (Å²) in [6, 6.07) is 15.7. The van der Waals surface area contributed by atoms with Gasteiger partial charge in [0.05, 0.1) is 17.5 Å². The molecule has 2 aromatic carbocycles. The molecule has 166 valence electrons. The number of benzene rings is 2. The first-order valence-corrected chi connectivity index (χ1v) is 11.2. The number of aliphatic hydroxyl groups is 1. The van der Waals surface area contributed by atoms with Crippen molar-refractivity contribution < 1.29 is 14.6 Å². The van der Waals surface area contributed by atoms with Gasteiger partial charge in [-0.15, -0.1) is 0 Å². The molecule has 0 atom stereocenters. The van der Waals surface area contributed by atoms with E-state index in [9.17, 15) is 9.90 Å². The molecule has 6 nitrogen and oxygen atoms in total. The molecule has 3 heterocycles. The number of fused-ring (bicyclic) bond motifs is 4. The van der Waals surface area contributed by atoms with Gasteiger partial charge in [0.15, 0.2) is 0 Å². The maximum atomic E-state index is 13.1. The van der Waals surface area contributed by atoms with Crippen molar-refractivity contribution in [3.63, 3.8) is 0 Å². The number of aromatic nitrogens is 2. The lowest BCUT2D eigenvalue weighted by molar-refractivity contribution is -0.00172. The number of carbonyl (C=O) groups is 1. The van der Waals surface area contributed by atoms with Crippen LogP contribution < -0.4 is 4.74 Å². The molecule has 1 aromatic heterocycles. The molecule has 1 amide bonds. The number of para-hydroxylation sites is 1. The summed E-state index contributed by atoms with van der Waals surface area (Å²) in [6.45, 7) is 4.82. The second kappa shape index (κ2) is 7.48. The highest BCUT2D eigenvalue weighted by atomic mass is 16.5. The smallest absolute Gasteiger partial charge is 0.253 e. The van der Waals surface area contributed by atoms with E-state index >= 15 is 0 Å². The number of carbonyl (C=O) groups excluding carboxylic acids is 1. The number of hydrogen-bond donors (Lipinski definition) is 1. The normalized spacial score (nSPS) is 16.9. The van der Waals surface area contributed by atoms with Gasteiger partial charge in [-0.25, -0.2) is 0 Å². The second-order valence-corrected chi connectivity index (χ2v) is 9.60. The molecule has 1 N–H and O–H groups in total. The van der Waals surface area contributed by atoms with Crippen LogP contribution in [0.4, 0.5) is 0 Å². The first-order valence-electron chi connectivity index (χ1n) is 11.2. The highest BCUT2D eigenvalue weighted by Crippen LogP contribution is 2.49. The first-order chi connectivity index (χ1) is 15.3. The van der Waals surface area contributed by atoms with Gasteiger partial charge >= 0.3 is 0 Å². The number of piperidine rings is 1. The Hall–Kier alpha value is -3.12. The van der Waals surface area contributed by atoms with E-state index in [4.69, 9.17) is 4.74 Å². The van der Waals surface area contributed by atoms with Gasteiger partial charge in [0, 0.05) is 56.1 Å². The summed E-state index contributed by atoms with van der Waals surface area (Å²) in [5, 5.41) is 14.5. The molecule has 1 spiro atoms. The predicted molar refractivity (Wildman–Crippen MR) is 123 cm³/mol. The summed E-state index contributed by atoms with van der Waals surface area (Å²) in [5.41, 5.74) is 3.76. The van der Waals surface area contributed by atoms with Crippen molar-refractivity contribution in [3.8, 4) is 17.0 Å². The molecule has 0 radical (unpaired) electrons. The van der Waals surface area contributed by atoms with Crippen LogP contribution in [0, 0.1) is 0 Å². The molecule has 0 bridgehead atoms. The van der Waals surface area contributed by atoms with E-state index in [1.54, 1.807) is 13.8 Å². The largest absolute Gasteiger partial charge is 0.482 e. The summed E-state index contributed by atoms with van der Waals surface area (Å²) in [5.74, 6) is 0.919. The minimum Gasteiger partial charge on any atom is -0.482 e. The van der Waals surface area contributed by atoms with Gasteiger partial charge in [-0.1, -0.05) is 24.3 Å². The Morgan fingerprint density at radius 2 is 1.81 bits per heavy atom. The molecule has 6 heteroatoms. The summed E-state index contributed by atoms with van der Waals surface area (Å²) in [4.78, 5) is 15.0. The molecular weight excluding hydrogens is 402 g/mol. The van der Waals surface area contributed by atoms with Crippen LogP contribution in [0.3, 0.4) is 0 Å². The van der Waals surface area contributed by atoms with E-state index in [0.29, 0.717) is 25.1 Å². The Morgan fingerprint density at radius 1 is 1.12 bits per heavy atom. The second-order valence-electron chi connectivity index (χ2n) is 9.60. The number of amides is 1. The minimum atomic E-state index is -0.767. The van der Waals surface area contributed by atoms with Crippen LogP contribution >= 0.6 is 0 Å². The Morgan fingerprint density at radius 3 is 2.50 bits per heavy atom. The van der Waals surface area contributed by atoms with Crippen LogP contribution in [0.5, 0.6) is 5.75 Å². The summed E-state index contributed by atoms with van der Waals surface area (Å²) in [6.07, 6.45) is 3.93. The number of nitrogens with zero attached hydrogens (tertiary/aromatic N) is 3. The standard InChI is InChI=1S/C26H29N3O3/c1-25(2,31)16-18-8-10-19(11-9-18)24(30)29-14-12-26(13-15-29)21-17-27-28(3)23(21)20-6-4-5-7-22(20)32-26/h4-11,17,31H,12-16H2,1-3H3. The van der Waals surface area contributed by atoms with Crippen molar-refractivity contribution >= 4 is 5.91 Å². The van der Waals surface area contributed by atoms with Gasteiger partial charge in [-0.05, 0) is 43.7 Å². The number of likely N-dealkylation sites (tertiary alicyclic amines) is 1. The van der Waals surface area contributed by atoms with Crippen molar-refractivity contribution in [2.45, 2.75) is 44.3 Å². The zero-order valence-electron chi connectivity index (χ0n) is 18.8. The zero-order chi connectivity index (χ0) is 22.5. The van der Waals surface area contributed by atoms with Crippen LogP contribution in [0.15, 0.2) is 54.7 Å². The van der Waals surface area contributed by atoms with Gasteiger partial charge < -0.3 is 14.7 Å². The minimum absolute atomic E-state index is 0.0391.